The highest BCUT2D eigenvalue weighted by Crippen LogP contribution is 2.30. The molecule has 0 spiro atoms. The Morgan fingerprint density at radius 1 is 1.09 bits per heavy atom. The molecular weight excluding hydrogens is 290 g/mol. The van der Waals surface area contributed by atoms with Crippen molar-refractivity contribution in [1.82, 2.24) is 4.90 Å². The number of hydrogen-bond acceptors (Lipinski definition) is 3. The number of guanidine groups is 1. The van der Waals surface area contributed by atoms with E-state index in [4.69, 9.17) is 20.2 Å². The van der Waals surface area contributed by atoms with Gasteiger partial charge in [0.25, 0.3) is 0 Å². The molecule has 2 aliphatic rings. The topological polar surface area (TPSA) is 60.1 Å². The minimum atomic E-state index is 0.127. The van der Waals surface area contributed by atoms with Crippen molar-refractivity contribution in [2.45, 2.75) is 25.3 Å². The van der Waals surface area contributed by atoms with Crippen LogP contribution in [0.5, 0.6) is 0 Å². The summed E-state index contributed by atoms with van der Waals surface area (Å²) in [7, 11) is 0. The Morgan fingerprint density at radius 3 is 2.43 bits per heavy atom. The SMILES string of the molecule is NC(=NC(CC1CCOCC1)c1ccccc1)N1CCOCC1. The van der Waals surface area contributed by atoms with E-state index in [1.54, 1.807) is 0 Å². The third-order valence-electron chi connectivity index (χ3n) is 4.71. The Labute approximate surface area is 138 Å². The molecule has 0 bridgehead atoms. The maximum absolute atomic E-state index is 6.29. The summed E-state index contributed by atoms with van der Waals surface area (Å²) in [4.78, 5) is 7.02. The van der Waals surface area contributed by atoms with E-state index in [1.165, 1.54) is 5.56 Å². The molecule has 1 aromatic rings. The molecule has 23 heavy (non-hydrogen) atoms. The molecule has 5 nitrogen and oxygen atoms in total. The lowest BCUT2D eigenvalue weighted by atomic mass is 9.90. The van der Waals surface area contributed by atoms with Crippen LogP contribution in [0.1, 0.15) is 30.9 Å². The fourth-order valence-corrected chi connectivity index (χ4v) is 3.27. The number of nitrogens with two attached hydrogens (primary N) is 1. The normalized spacial score (nSPS) is 22.1. The van der Waals surface area contributed by atoms with E-state index in [0.717, 1.165) is 58.8 Å². The van der Waals surface area contributed by atoms with Crippen LogP contribution in [-0.2, 0) is 9.47 Å². The van der Waals surface area contributed by atoms with Crippen LogP contribution >= 0.6 is 0 Å². The summed E-state index contributed by atoms with van der Waals surface area (Å²) in [6.45, 7) is 4.85. The zero-order chi connectivity index (χ0) is 15.9. The highest BCUT2D eigenvalue weighted by molar-refractivity contribution is 5.78. The maximum Gasteiger partial charge on any atom is 0.192 e. The van der Waals surface area contributed by atoms with E-state index < -0.39 is 0 Å². The molecule has 126 valence electrons. The first-order valence-corrected chi connectivity index (χ1v) is 8.61. The quantitative estimate of drug-likeness (QED) is 0.683. The molecule has 2 heterocycles. The maximum atomic E-state index is 6.29. The van der Waals surface area contributed by atoms with Crippen LogP contribution < -0.4 is 5.73 Å². The summed E-state index contributed by atoms with van der Waals surface area (Å²) in [5.41, 5.74) is 7.53. The molecule has 1 aromatic carbocycles. The monoisotopic (exact) mass is 317 g/mol. The summed E-state index contributed by atoms with van der Waals surface area (Å²) in [6.07, 6.45) is 3.28. The number of hydrogen-bond donors (Lipinski definition) is 1. The summed E-state index contributed by atoms with van der Waals surface area (Å²) in [5.74, 6) is 1.31. The zero-order valence-electron chi connectivity index (χ0n) is 13.7. The summed E-state index contributed by atoms with van der Waals surface area (Å²) in [5, 5.41) is 0. The van der Waals surface area contributed by atoms with Crippen LogP contribution in [0.2, 0.25) is 0 Å². The predicted octanol–water partition coefficient (Wildman–Crippen LogP) is 2.19. The average molecular weight is 317 g/mol. The smallest absolute Gasteiger partial charge is 0.192 e. The van der Waals surface area contributed by atoms with Crippen molar-refractivity contribution in [3.63, 3.8) is 0 Å². The first kappa shape index (κ1) is 16.3. The van der Waals surface area contributed by atoms with Gasteiger partial charge in [-0.2, -0.15) is 0 Å². The lowest BCUT2D eigenvalue weighted by Gasteiger charge is -2.30. The van der Waals surface area contributed by atoms with Gasteiger partial charge in [-0.1, -0.05) is 30.3 Å². The molecule has 5 heteroatoms. The average Bonchev–Trinajstić information content (AvgIpc) is 2.63. The zero-order valence-corrected chi connectivity index (χ0v) is 13.7. The lowest BCUT2D eigenvalue weighted by Crippen LogP contribution is -2.45. The van der Waals surface area contributed by atoms with Gasteiger partial charge in [0.05, 0.1) is 19.3 Å². The number of morpholine rings is 1. The number of aliphatic imine (C=N–C) groups is 1. The lowest BCUT2D eigenvalue weighted by molar-refractivity contribution is 0.0611. The molecule has 2 N–H and O–H groups in total. The van der Waals surface area contributed by atoms with Crippen LogP contribution in [0.25, 0.3) is 0 Å². The second kappa shape index (κ2) is 8.31. The second-order valence-corrected chi connectivity index (χ2v) is 6.30. The highest BCUT2D eigenvalue weighted by atomic mass is 16.5. The Balaban J connectivity index is 1.73. The third kappa shape index (κ3) is 4.69. The Hall–Kier alpha value is -1.59. The van der Waals surface area contributed by atoms with Crippen LogP contribution in [0.3, 0.4) is 0 Å². The fourth-order valence-electron chi connectivity index (χ4n) is 3.27. The number of rotatable bonds is 4. The molecule has 2 fully saturated rings. The highest BCUT2D eigenvalue weighted by Gasteiger charge is 2.22. The number of benzene rings is 1. The largest absolute Gasteiger partial charge is 0.381 e. The van der Waals surface area contributed by atoms with Crippen LogP contribution in [0.4, 0.5) is 0 Å². The van der Waals surface area contributed by atoms with Gasteiger partial charge in [-0.25, -0.2) is 4.99 Å². The Bertz CT molecular complexity index is 494. The van der Waals surface area contributed by atoms with Crippen molar-refractivity contribution in [3.8, 4) is 0 Å². The van der Waals surface area contributed by atoms with Crippen molar-refractivity contribution >= 4 is 5.96 Å². The van der Waals surface area contributed by atoms with Crippen LogP contribution in [0, 0.1) is 5.92 Å². The minimum Gasteiger partial charge on any atom is -0.381 e. The van der Waals surface area contributed by atoms with Gasteiger partial charge in [-0.15, -0.1) is 0 Å². The molecule has 3 rings (SSSR count). The molecule has 0 aliphatic carbocycles. The fraction of sp³-hybridized carbons (Fsp3) is 0.611. The molecular formula is C18H27N3O2. The third-order valence-corrected chi connectivity index (χ3v) is 4.71. The van der Waals surface area contributed by atoms with E-state index in [0.29, 0.717) is 11.9 Å². The van der Waals surface area contributed by atoms with Crippen LogP contribution in [0.15, 0.2) is 35.3 Å². The molecule has 2 saturated heterocycles. The van der Waals surface area contributed by atoms with Crippen LogP contribution in [-0.4, -0.2) is 50.4 Å². The molecule has 1 unspecified atom stereocenters. The van der Waals surface area contributed by atoms with Gasteiger partial charge < -0.3 is 20.1 Å². The van der Waals surface area contributed by atoms with Gasteiger partial charge in [0.2, 0.25) is 0 Å². The van der Waals surface area contributed by atoms with Crippen molar-refractivity contribution in [3.05, 3.63) is 35.9 Å². The van der Waals surface area contributed by atoms with E-state index >= 15 is 0 Å². The molecule has 0 saturated carbocycles. The van der Waals surface area contributed by atoms with E-state index in [9.17, 15) is 0 Å². The summed E-state index contributed by atoms with van der Waals surface area (Å²) < 4.78 is 10.9. The Kier molecular flexibility index (Phi) is 5.88. The van der Waals surface area contributed by atoms with Gasteiger partial charge in [0, 0.05) is 26.3 Å². The van der Waals surface area contributed by atoms with E-state index in [1.807, 2.05) is 6.07 Å². The predicted molar refractivity (Wildman–Crippen MR) is 91.4 cm³/mol. The number of nitrogens with zero attached hydrogens (tertiary/aromatic N) is 2. The molecule has 0 aromatic heterocycles. The summed E-state index contributed by atoms with van der Waals surface area (Å²) >= 11 is 0. The Morgan fingerprint density at radius 2 is 1.74 bits per heavy atom. The molecule has 2 aliphatic heterocycles. The van der Waals surface area contributed by atoms with Crippen molar-refractivity contribution in [2.24, 2.45) is 16.6 Å². The molecule has 0 radical (unpaired) electrons. The first-order chi connectivity index (χ1) is 11.3. The first-order valence-electron chi connectivity index (χ1n) is 8.61. The second-order valence-electron chi connectivity index (χ2n) is 6.30. The van der Waals surface area contributed by atoms with Crippen molar-refractivity contribution in [1.29, 1.82) is 0 Å². The van der Waals surface area contributed by atoms with Gasteiger partial charge in [0.15, 0.2) is 5.96 Å². The number of ether oxygens (including phenoxy) is 2. The van der Waals surface area contributed by atoms with E-state index in [-0.39, 0.29) is 6.04 Å². The molecule has 1 atom stereocenters. The summed E-state index contributed by atoms with van der Waals surface area (Å²) in [6, 6.07) is 10.6. The van der Waals surface area contributed by atoms with Gasteiger partial charge in [0.1, 0.15) is 0 Å². The van der Waals surface area contributed by atoms with Gasteiger partial charge in [-0.05, 0) is 30.7 Å². The van der Waals surface area contributed by atoms with Crippen molar-refractivity contribution < 1.29 is 9.47 Å². The van der Waals surface area contributed by atoms with Crippen molar-refractivity contribution in [2.75, 3.05) is 39.5 Å². The van der Waals surface area contributed by atoms with Gasteiger partial charge in [-0.3, -0.25) is 0 Å². The van der Waals surface area contributed by atoms with Gasteiger partial charge >= 0.3 is 0 Å². The molecule has 0 amide bonds. The standard InChI is InChI=1S/C18H27N3O2/c19-18(21-8-12-23-13-9-21)20-17(16-4-2-1-3-5-16)14-15-6-10-22-11-7-15/h1-5,15,17H,6-14H2,(H2,19,20). The minimum absolute atomic E-state index is 0.127. The van der Waals surface area contributed by atoms with E-state index in [2.05, 4.69) is 29.2 Å².